The first-order valence-corrected chi connectivity index (χ1v) is 12.1. The monoisotopic (exact) mass is 455 g/mol. The summed E-state index contributed by atoms with van der Waals surface area (Å²) in [5, 5.41) is 6.57. The molecule has 2 aromatic rings. The summed E-state index contributed by atoms with van der Waals surface area (Å²) in [7, 11) is 0. The van der Waals surface area contributed by atoms with Crippen LogP contribution in [0.4, 0.5) is 10.7 Å². The molecule has 0 saturated carbocycles. The lowest BCUT2D eigenvalue weighted by molar-refractivity contribution is -0.117. The van der Waals surface area contributed by atoms with Gasteiger partial charge in [-0.05, 0) is 81.9 Å². The maximum absolute atomic E-state index is 13.2. The number of benzene rings is 1. The van der Waals surface area contributed by atoms with Gasteiger partial charge in [0.15, 0.2) is 0 Å². The van der Waals surface area contributed by atoms with Gasteiger partial charge in [0.2, 0.25) is 5.91 Å². The summed E-state index contributed by atoms with van der Waals surface area (Å²) in [6, 6.07) is 6.64. The van der Waals surface area contributed by atoms with Crippen molar-refractivity contribution in [1.29, 1.82) is 0 Å². The highest BCUT2D eigenvalue weighted by Gasteiger charge is 2.28. The number of piperidine rings is 1. The molecule has 0 atom stereocenters. The van der Waals surface area contributed by atoms with E-state index in [-0.39, 0.29) is 17.8 Å². The quantitative estimate of drug-likeness (QED) is 0.614. The van der Waals surface area contributed by atoms with Crippen molar-refractivity contribution >= 4 is 39.8 Å². The Balaban J connectivity index is 1.47. The van der Waals surface area contributed by atoms with E-state index in [2.05, 4.69) is 15.5 Å². The normalized spacial score (nSPS) is 15.8. The lowest BCUT2D eigenvalue weighted by Gasteiger charge is -2.25. The van der Waals surface area contributed by atoms with Crippen LogP contribution in [-0.2, 0) is 22.4 Å². The lowest BCUT2D eigenvalue weighted by Crippen LogP contribution is -2.37. The van der Waals surface area contributed by atoms with Gasteiger partial charge in [0.1, 0.15) is 5.00 Å². The number of anilines is 2. The van der Waals surface area contributed by atoms with Gasteiger partial charge in [-0.1, -0.05) is 6.42 Å². The fraction of sp³-hybridized carbons (Fsp3) is 0.458. The number of esters is 1. The molecule has 0 radical (unpaired) electrons. The molecular weight excluding hydrogens is 426 g/mol. The Kier molecular flexibility index (Phi) is 7.22. The van der Waals surface area contributed by atoms with Gasteiger partial charge < -0.3 is 15.4 Å². The van der Waals surface area contributed by atoms with Crippen molar-refractivity contribution < 1.29 is 19.1 Å². The van der Waals surface area contributed by atoms with Crippen LogP contribution in [0.1, 0.15) is 63.8 Å². The molecule has 1 saturated heterocycles. The highest BCUT2D eigenvalue weighted by molar-refractivity contribution is 7.17. The first-order valence-electron chi connectivity index (χ1n) is 11.3. The summed E-state index contributed by atoms with van der Waals surface area (Å²) in [5.41, 5.74) is 2.64. The fourth-order valence-corrected chi connectivity index (χ4v) is 5.62. The number of nitrogens with one attached hydrogen (secondary N) is 2. The van der Waals surface area contributed by atoms with Gasteiger partial charge in [0.05, 0.1) is 24.3 Å². The van der Waals surface area contributed by atoms with E-state index >= 15 is 0 Å². The minimum Gasteiger partial charge on any atom is -0.462 e. The van der Waals surface area contributed by atoms with Crippen LogP contribution in [0.5, 0.6) is 0 Å². The number of carbonyl (C=O) groups excluding carboxylic acids is 3. The van der Waals surface area contributed by atoms with Crippen LogP contribution in [0.2, 0.25) is 0 Å². The minimum absolute atomic E-state index is 0.0698. The summed E-state index contributed by atoms with van der Waals surface area (Å²) in [6.45, 7) is 4.33. The Hall–Kier alpha value is -2.71. The lowest BCUT2D eigenvalue weighted by atomic mass is 10.1. The first kappa shape index (κ1) is 22.5. The van der Waals surface area contributed by atoms with E-state index in [9.17, 15) is 14.4 Å². The average molecular weight is 456 g/mol. The second kappa shape index (κ2) is 10.3. The standard InChI is InChI=1S/C24H29N3O4S/c1-2-31-24(30)16-9-11-17(12-10-16)25-22(29)21-18-7-6-8-19(18)32-23(21)26-20(28)15-27-13-4-3-5-14-27/h9-12H,2-8,13-15H2,1H3,(H,25,29)(H,26,28). The van der Waals surface area contributed by atoms with E-state index in [1.54, 1.807) is 31.2 Å². The second-order valence-electron chi connectivity index (χ2n) is 8.20. The summed E-state index contributed by atoms with van der Waals surface area (Å²) in [4.78, 5) is 41.0. The molecule has 8 heteroatoms. The van der Waals surface area contributed by atoms with Gasteiger partial charge in [-0.25, -0.2) is 4.79 Å². The van der Waals surface area contributed by atoms with Crippen molar-refractivity contribution in [3.05, 3.63) is 45.8 Å². The smallest absolute Gasteiger partial charge is 0.338 e. The van der Waals surface area contributed by atoms with Crippen molar-refractivity contribution in [3.8, 4) is 0 Å². The molecular formula is C24H29N3O4S. The number of amides is 2. The number of rotatable bonds is 7. The van der Waals surface area contributed by atoms with E-state index in [0.29, 0.717) is 35.0 Å². The number of thiophene rings is 1. The molecule has 4 rings (SSSR count). The number of ether oxygens (including phenoxy) is 1. The molecule has 1 aliphatic carbocycles. The third kappa shape index (κ3) is 5.19. The maximum Gasteiger partial charge on any atom is 0.338 e. The SMILES string of the molecule is CCOC(=O)c1ccc(NC(=O)c2c(NC(=O)CN3CCCCC3)sc3c2CCC3)cc1. The van der Waals surface area contributed by atoms with E-state index in [1.165, 1.54) is 22.6 Å². The molecule has 2 aliphatic rings. The fourth-order valence-electron chi connectivity index (χ4n) is 4.32. The van der Waals surface area contributed by atoms with E-state index in [4.69, 9.17) is 4.74 Å². The molecule has 1 aliphatic heterocycles. The Morgan fingerprint density at radius 2 is 1.75 bits per heavy atom. The predicted octanol–water partition coefficient (Wildman–Crippen LogP) is 4.09. The second-order valence-corrected chi connectivity index (χ2v) is 9.30. The van der Waals surface area contributed by atoms with Crippen LogP contribution < -0.4 is 10.6 Å². The summed E-state index contributed by atoms with van der Waals surface area (Å²) < 4.78 is 5.00. The van der Waals surface area contributed by atoms with Crippen molar-refractivity contribution in [2.75, 3.05) is 36.9 Å². The van der Waals surface area contributed by atoms with Crippen LogP contribution in [-0.4, -0.2) is 48.9 Å². The van der Waals surface area contributed by atoms with Crippen LogP contribution >= 0.6 is 11.3 Å². The van der Waals surface area contributed by atoms with E-state index in [0.717, 1.165) is 50.8 Å². The molecule has 7 nitrogen and oxygen atoms in total. The number of carbonyl (C=O) groups is 3. The van der Waals surface area contributed by atoms with Crippen molar-refractivity contribution in [2.45, 2.75) is 45.4 Å². The highest BCUT2D eigenvalue weighted by atomic mass is 32.1. The average Bonchev–Trinajstić information content (AvgIpc) is 3.35. The summed E-state index contributed by atoms with van der Waals surface area (Å²) in [6.07, 6.45) is 6.29. The zero-order valence-corrected chi connectivity index (χ0v) is 19.2. The molecule has 0 bridgehead atoms. The molecule has 0 spiro atoms. The number of hydrogen-bond acceptors (Lipinski definition) is 6. The van der Waals surface area contributed by atoms with Crippen molar-refractivity contribution in [1.82, 2.24) is 4.90 Å². The highest BCUT2D eigenvalue weighted by Crippen LogP contribution is 2.39. The zero-order chi connectivity index (χ0) is 22.5. The molecule has 0 unspecified atom stereocenters. The molecule has 32 heavy (non-hydrogen) atoms. The number of likely N-dealkylation sites (tertiary alicyclic amines) is 1. The van der Waals surface area contributed by atoms with Gasteiger partial charge in [-0.2, -0.15) is 0 Å². The Bertz CT molecular complexity index is 993. The van der Waals surface area contributed by atoms with Gasteiger partial charge in [-0.15, -0.1) is 11.3 Å². The third-order valence-electron chi connectivity index (χ3n) is 5.87. The van der Waals surface area contributed by atoms with Crippen molar-refractivity contribution in [3.63, 3.8) is 0 Å². The van der Waals surface area contributed by atoms with Gasteiger partial charge >= 0.3 is 5.97 Å². The van der Waals surface area contributed by atoms with E-state index < -0.39 is 0 Å². The Labute approximate surface area is 192 Å². The zero-order valence-electron chi connectivity index (χ0n) is 18.4. The first-order chi connectivity index (χ1) is 15.5. The molecule has 1 aromatic carbocycles. The van der Waals surface area contributed by atoms with E-state index in [1.807, 2.05) is 0 Å². The predicted molar refractivity (Wildman–Crippen MR) is 126 cm³/mol. The topological polar surface area (TPSA) is 87.7 Å². The van der Waals surface area contributed by atoms with Crippen LogP contribution in [0, 0.1) is 0 Å². The number of hydrogen-bond donors (Lipinski definition) is 2. The van der Waals surface area contributed by atoms with Gasteiger partial charge in [0.25, 0.3) is 5.91 Å². The molecule has 2 heterocycles. The number of fused-ring (bicyclic) bond motifs is 1. The van der Waals surface area contributed by atoms with Crippen molar-refractivity contribution in [2.24, 2.45) is 0 Å². The van der Waals surface area contributed by atoms with Gasteiger partial charge in [-0.3, -0.25) is 14.5 Å². The number of aryl methyl sites for hydroxylation is 1. The van der Waals surface area contributed by atoms with Crippen LogP contribution in [0.15, 0.2) is 24.3 Å². The van der Waals surface area contributed by atoms with Crippen LogP contribution in [0.25, 0.3) is 0 Å². The number of nitrogens with zero attached hydrogens (tertiary/aromatic N) is 1. The molecule has 1 fully saturated rings. The minimum atomic E-state index is -0.389. The molecule has 2 N–H and O–H groups in total. The Morgan fingerprint density at radius 1 is 1.00 bits per heavy atom. The molecule has 1 aromatic heterocycles. The molecule has 2 amide bonds. The Morgan fingerprint density at radius 3 is 2.47 bits per heavy atom. The van der Waals surface area contributed by atoms with Crippen LogP contribution in [0.3, 0.4) is 0 Å². The molecule has 170 valence electrons. The largest absolute Gasteiger partial charge is 0.462 e. The summed E-state index contributed by atoms with van der Waals surface area (Å²) >= 11 is 1.52. The third-order valence-corrected chi connectivity index (χ3v) is 7.08. The van der Waals surface area contributed by atoms with Gasteiger partial charge in [0, 0.05) is 10.6 Å². The maximum atomic E-state index is 13.2. The summed E-state index contributed by atoms with van der Waals surface area (Å²) in [5.74, 6) is -0.694.